The lowest BCUT2D eigenvalue weighted by atomic mass is 10.1. The average Bonchev–Trinajstić information content (AvgIpc) is 2.27. The molecule has 0 radical (unpaired) electrons. The van der Waals surface area contributed by atoms with Gasteiger partial charge in [0, 0.05) is 13.7 Å². The topological polar surface area (TPSA) is 64.3 Å². The first kappa shape index (κ1) is 15.9. The Bertz CT molecular complexity index is 356. The van der Waals surface area contributed by atoms with E-state index in [9.17, 15) is 4.79 Å². The summed E-state index contributed by atoms with van der Waals surface area (Å²) in [6.07, 6.45) is 0. The van der Waals surface area contributed by atoms with E-state index >= 15 is 0 Å². The third kappa shape index (κ3) is 5.17. The maximum atomic E-state index is 11.3. The van der Waals surface area contributed by atoms with E-state index in [1.807, 2.05) is 24.3 Å². The lowest BCUT2D eigenvalue weighted by molar-refractivity contribution is -0.122. The molecule has 0 aromatic heterocycles. The van der Waals surface area contributed by atoms with Crippen molar-refractivity contribution < 1.29 is 9.53 Å². The van der Waals surface area contributed by atoms with Gasteiger partial charge in [0.2, 0.25) is 5.91 Å². The van der Waals surface area contributed by atoms with Crippen LogP contribution in [0.3, 0.4) is 0 Å². The molecule has 96 valence electrons. The van der Waals surface area contributed by atoms with Crippen molar-refractivity contribution in [1.29, 1.82) is 0 Å². The molecule has 0 bridgehead atoms. The van der Waals surface area contributed by atoms with Gasteiger partial charge in [-0.3, -0.25) is 4.79 Å². The van der Waals surface area contributed by atoms with Crippen molar-refractivity contribution in [2.24, 2.45) is 5.73 Å². The Morgan fingerprint density at radius 1 is 1.41 bits per heavy atom. The number of halogens is 1. The van der Waals surface area contributed by atoms with Crippen molar-refractivity contribution >= 4 is 18.3 Å². The Labute approximate surface area is 108 Å². The molecule has 1 atom stereocenters. The van der Waals surface area contributed by atoms with Crippen molar-refractivity contribution in [3.8, 4) is 0 Å². The van der Waals surface area contributed by atoms with Gasteiger partial charge in [-0.05, 0) is 18.1 Å². The number of ether oxygens (including phenoxy) is 1. The van der Waals surface area contributed by atoms with Gasteiger partial charge in [-0.15, -0.1) is 12.4 Å². The van der Waals surface area contributed by atoms with E-state index in [1.165, 1.54) is 0 Å². The Balaban J connectivity index is 0.00000256. The molecule has 5 heteroatoms. The minimum atomic E-state index is -0.477. The molecule has 0 aliphatic carbocycles. The Kier molecular flexibility index (Phi) is 7.54. The van der Waals surface area contributed by atoms with Crippen molar-refractivity contribution in [3.63, 3.8) is 0 Å². The smallest absolute Gasteiger partial charge is 0.236 e. The molecule has 1 amide bonds. The molecule has 0 saturated carbocycles. The molecule has 0 aliphatic rings. The summed E-state index contributed by atoms with van der Waals surface area (Å²) < 4.78 is 5.09. The van der Waals surface area contributed by atoms with Gasteiger partial charge in [0.15, 0.2) is 0 Å². The van der Waals surface area contributed by atoms with Gasteiger partial charge in [-0.1, -0.05) is 24.3 Å². The van der Waals surface area contributed by atoms with Crippen LogP contribution >= 0.6 is 12.4 Å². The fraction of sp³-hybridized carbons (Fsp3) is 0.417. The molecule has 17 heavy (non-hydrogen) atoms. The number of hydrogen-bond donors (Lipinski definition) is 2. The van der Waals surface area contributed by atoms with E-state index < -0.39 is 6.04 Å². The highest BCUT2D eigenvalue weighted by Gasteiger charge is 2.07. The quantitative estimate of drug-likeness (QED) is 0.835. The molecule has 0 fully saturated rings. The van der Waals surface area contributed by atoms with Crippen LogP contribution in [-0.4, -0.2) is 19.1 Å². The predicted octanol–water partition coefficient (Wildman–Crippen LogP) is 1.22. The number of amides is 1. The summed E-state index contributed by atoms with van der Waals surface area (Å²) in [5.74, 6) is -0.146. The van der Waals surface area contributed by atoms with Crippen LogP contribution in [0.4, 0.5) is 0 Å². The lowest BCUT2D eigenvalue weighted by Crippen LogP contribution is -2.37. The molecule has 0 aliphatic heterocycles. The van der Waals surface area contributed by atoms with Gasteiger partial charge >= 0.3 is 0 Å². The maximum Gasteiger partial charge on any atom is 0.236 e. The summed E-state index contributed by atoms with van der Waals surface area (Å²) in [5, 5.41) is 2.78. The standard InChI is InChI=1S/C12H18N2O2.ClH/c1-9(13)12(15)14-7-10-5-3-4-6-11(10)8-16-2;/h3-6,9H,7-8,13H2,1-2H3,(H,14,15);1H/t9-;/m1./s1. The van der Waals surface area contributed by atoms with Crippen LogP contribution in [0.1, 0.15) is 18.1 Å². The van der Waals surface area contributed by atoms with Crippen LogP contribution in [0, 0.1) is 0 Å². The average molecular weight is 259 g/mol. The fourth-order valence-corrected chi connectivity index (χ4v) is 1.37. The van der Waals surface area contributed by atoms with Gasteiger partial charge in [0.05, 0.1) is 12.6 Å². The maximum absolute atomic E-state index is 11.3. The SMILES string of the molecule is COCc1ccccc1CNC(=O)[C@@H](C)N.Cl. The molecule has 0 saturated heterocycles. The molecular weight excluding hydrogens is 240 g/mol. The number of nitrogens with two attached hydrogens (primary N) is 1. The molecule has 4 nitrogen and oxygen atoms in total. The Hall–Kier alpha value is -1.10. The zero-order valence-corrected chi connectivity index (χ0v) is 10.9. The van der Waals surface area contributed by atoms with E-state index in [-0.39, 0.29) is 18.3 Å². The summed E-state index contributed by atoms with van der Waals surface area (Å²) in [5.41, 5.74) is 7.59. The molecule has 1 rings (SSSR count). The highest BCUT2D eigenvalue weighted by atomic mass is 35.5. The monoisotopic (exact) mass is 258 g/mol. The van der Waals surface area contributed by atoms with Crippen LogP contribution in [0.2, 0.25) is 0 Å². The molecule has 0 spiro atoms. The van der Waals surface area contributed by atoms with E-state index in [2.05, 4.69) is 5.32 Å². The van der Waals surface area contributed by atoms with Crippen molar-refractivity contribution in [1.82, 2.24) is 5.32 Å². The summed E-state index contributed by atoms with van der Waals surface area (Å²) in [6, 6.07) is 7.36. The van der Waals surface area contributed by atoms with Crippen molar-refractivity contribution in [2.45, 2.75) is 26.1 Å². The molecule has 1 aromatic rings. The second-order valence-electron chi connectivity index (χ2n) is 3.71. The summed E-state index contributed by atoms with van der Waals surface area (Å²) >= 11 is 0. The van der Waals surface area contributed by atoms with Crippen LogP contribution in [0.5, 0.6) is 0 Å². The highest BCUT2D eigenvalue weighted by molar-refractivity contribution is 5.85. The van der Waals surface area contributed by atoms with E-state index in [4.69, 9.17) is 10.5 Å². The number of benzene rings is 1. The van der Waals surface area contributed by atoms with E-state index in [0.717, 1.165) is 11.1 Å². The summed E-state index contributed by atoms with van der Waals surface area (Å²) in [6.45, 7) is 2.69. The first-order valence-electron chi connectivity index (χ1n) is 5.24. The third-order valence-electron chi connectivity index (χ3n) is 2.28. The zero-order valence-electron chi connectivity index (χ0n) is 10.1. The minimum absolute atomic E-state index is 0. The fourth-order valence-electron chi connectivity index (χ4n) is 1.37. The number of rotatable bonds is 5. The van der Waals surface area contributed by atoms with Gasteiger partial charge < -0.3 is 15.8 Å². The second-order valence-corrected chi connectivity index (χ2v) is 3.71. The molecule has 0 unspecified atom stereocenters. The number of carbonyl (C=O) groups excluding carboxylic acids is 1. The second kappa shape index (κ2) is 8.06. The summed E-state index contributed by atoms with van der Waals surface area (Å²) in [7, 11) is 1.65. The lowest BCUT2D eigenvalue weighted by Gasteiger charge is -2.11. The van der Waals surface area contributed by atoms with Crippen LogP contribution in [-0.2, 0) is 22.7 Å². The van der Waals surface area contributed by atoms with Gasteiger partial charge in [0.25, 0.3) is 0 Å². The predicted molar refractivity (Wildman–Crippen MR) is 69.9 cm³/mol. The van der Waals surface area contributed by atoms with E-state index in [1.54, 1.807) is 14.0 Å². The minimum Gasteiger partial charge on any atom is -0.380 e. The number of hydrogen-bond acceptors (Lipinski definition) is 3. The largest absolute Gasteiger partial charge is 0.380 e. The van der Waals surface area contributed by atoms with Crippen LogP contribution < -0.4 is 11.1 Å². The molecule has 3 N–H and O–H groups in total. The van der Waals surface area contributed by atoms with Crippen LogP contribution in [0.15, 0.2) is 24.3 Å². The zero-order chi connectivity index (χ0) is 12.0. The van der Waals surface area contributed by atoms with Gasteiger partial charge in [-0.25, -0.2) is 0 Å². The Morgan fingerprint density at radius 3 is 2.53 bits per heavy atom. The van der Waals surface area contributed by atoms with Gasteiger partial charge in [-0.2, -0.15) is 0 Å². The highest BCUT2D eigenvalue weighted by Crippen LogP contribution is 2.09. The first-order valence-corrected chi connectivity index (χ1v) is 5.24. The third-order valence-corrected chi connectivity index (χ3v) is 2.28. The number of methoxy groups -OCH3 is 1. The number of nitrogens with one attached hydrogen (secondary N) is 1. The normalized spacial score (nSPS) is 11.5. The first-order chi connectivity index (χ1) is 7.65. The molecular formula is C12H19ClN2O2. The van der Waals surface area contributed by atoms with Crippen LogP contribution in [0.25, 0.3) is 0 Å². The van der Waals surface area contributed by atoms with Crippen molar-refractivity contribution in [2.75, 3.05) is 7.11 Å². The van der Waals surface area contributed by atoms with E-state index in [0.29, 0.717) is 13.2 Å². The summed E-state index contributed by atoms with van der Waals surface area (Å²) in [4.78, 5) is 11.3. The molecule has 1 aromatic carbocycles. The van der Waals surface area contributed by atoms with Gasteiger partial charge in [0.1, 0.15) is 0 Å². The molecule has 0 heterocycles. The number of carbonyl (C=O) groups is 1. The van der Waals surface area contributed by atoms with Crippen molar-refractivity contribution in [3.05, 3.63) is 35.4 Å². The Morgan fingerprint density at radius 2 is 2.00 bits per heavy atom.